The maximum Gasteiger partial charge on any atom is 0.150 e. The third-order valence-electron chi connectivity index (χ3n) is 3.80. The molecule has 0 saturated heterocycles. The molecule has 3 nitrogen and oxygen atoms in total. The van der Waals surface area contributed by atoms with Gasteiger partial charge in [0.1, 0.15) is 5.69 Å². The normalized spacial score (nSPS) is 18.1. The molecule has 0 amide bonds. The Morgan fingerprint density at radius 1 is 1.15 bits per heavy atom. The zero-order valence-electron chi connectivity index (χ0n) is 11.3. The molecule has 0 aliphatic heterocycles. The number of aliphatic hydroxyl groups is 1. The highest BCUT2D eigenvalue weighted by Gasteiger charge is 2.28. The maximum atomic E-state index is 13.7. The van der Waals surface area contributed by atoms with E-state index < -0.39 is 17.2 Å². The fraction of sp³-hybridized carbons (Fsp3) is 0.533. The third-order valence-corrected chi connectivity index (χ3v) is 3.80. The number of halogens is 2. The van der Waals surface area contributed by atoms with Crippen molar-refractivity contribution in [3.63, 3.8) is 0 Å². The van der Waals surface area contributed by atoms with Gasteiger partial charge in [0.15, 0.2) is 11.6 Å². The van der Waals surface area contributed by atoms with Crippen LogP contribution < -0.4 is 5.32 Å². The molecule has 1 aromatic rings. The molecule has 1 aliphatic rings. The predicted molar refractivity (Wildman–Crippen MR) is 72.2 cm³/mol. The molecule has 0 unspecified atom stereocenters. The molecule has 1 aliphatic carbocycles. The molecular formula is C15H18F2N2O. The summed E-state index contributed by atoms with van der Waals surface area (Å²) in [7, 11) is 0. The van der Waals surface area contributed by atoms with E-state index in [1.54, 1.807) is 6.07 Å². The summed E-state index contributed by atoms with van der Waals surface area (Å²) in [5.74, 6) is -1.61. The highest BCUT2D eigenvalue weighted by molar-refractivity contribution is 5.50. The molecule has 1 fully saturated rings. The number of rotatable bonds is 3. The highest BCUT2D eigenvalue weighted by atomic mass is 19.1. The number of nitrogens with one attached hydrogen (secondary N) is 1. The van der Waals surface area contributed by atoms with Gasteiger partial charge in [-0.1, -0.05) is 25.7 Å². The Morgan fingerprint density at radius 2 is 1.70 bits per heavy atom. The molecule has 0 atom stereocenters. The molecule has 0 aromatic heterocycles. The van der Waals surface area contributed by atoms with Crippen LogP contribution >= 0.6 is 0 Å². The van der Waals surface area contributed by atoms with Crippen molar-refractivity contribution in [1.29, 1.82) is 5.26 Å². The summed E-state index contributed by atoms with van der Waals surface area (Å²) in [4.78, 5) is 0. The Hall–Kier alpha value is -1.67. The van der Waals surface area contributed by atoms with Crippen LogP contribution in [-0.2, 0) is 0 Å². The zero-order valence-corrected chi connectivity index (χ0v) is 11.3. The Bertz CT molecular complexity index is 494. The Balaban J connectivity index is 2.09. The van der Waals surface area contributed by atoms with Gasteiger partial charge in [-0.25, -0.2) is 8.78 Å². The van der Waals surface area contributed by atoms with Crippen molar-refractivity contribution in [2.45, 2.75) is 44.1 Å². The van der Waals surface area contributed by atoms with Gasteiger partial charge in [0.2, 0.25) is 0 Å². The summed E-state index contributed by atoms with van der Waals surface area (Å²) < 4.78 is 27.4. The van der Waals surface area contributed by atoms with Gasteiger partial charge in [-0.2, -0.15) is 5.26 Å². The number of hydrogen-bond donors (Lipinski definition) is 2. The van der Waals surface area contributed by atoms with Gasteiger partial charge in [0.05, 0.1) is 17.2 Å². The molecule has 0 spiro atoms. The summed E-state index contributed by atoms with van der Waals surface area (Å²) >= 11 is 0. The van der Waals surface area contributed by atoms with Crippen LogP contribution in [0, 0.1) is 23.0 Å². The topological polar surface area (TPSA) is 56.0 Å². The Morgan fingerprint density at radius 3 is 2.20 bits per heavy atom. The number of anilines is 1. The minimum absolute atomic E-state index is 0.0567. The largest absolute Gasteiger partial charge is 0.388 e. The first-order valence-electron chi connectivity index (χ1n) is 6.89. The lowest BCUT2D eigenvalue weighted by molar-refractivity contribution is 0.0380. The molecule has 108 valence electrons. The van der Waals surface area contributed by atoms with Crippen LogP contribution in [0.5, 0.6) is 0 Å². The van der Waals surface area contributed by atoms with E-state index in [-0.39, 0.29) is 17.8 Å². The van der Waals surface area contributed by atoms with E-state index in [0.29, 0.717) is 12.8 Å². The zero-order chi connectivity index (χ0) is 14.6. The molecule has 20 heavy (non-hydrogen) atoms. The minimum atomic E-state index is -0.913. The van der Waals surface area contributed by atoms with Crippen molar-refractivity contribution in [3.05, 3.63) is 29.3 Å². The SMILES string of the molecule is N#Cc1cc(F)c(NCC2(O)CCCCCC2)c(F)c1. The van der Waals surface area contributed by atoms with Gasteiger partial charge in [0, 0.05) is 6.54 Å². The lowest BCUT2D eigenvalue weighted by atomic mass is 9.94. The van der Waals surface area contributed by atoms with Gasteiger partial charge in [-0.15, -0.1) is 0 Å². The summed E-state index contributed by atoms with van der Waals surface area (Å²) in [6, 6.07) is 3.68. The molecule has 0 radical (unpaired) electrons. The molecule has 2 N–H and O–H groups in total. The van der Waals surface area contributed by atoms with Gasteiger partial charge in [-0.05, 0) is 25.0 Å². The van der Waals surface area contributed by atoms with E-state index in [0.717, 1.165) is 37.8 Å². The number of benzene rings is 1. The molecule has 1 saturated carbocycles. The van der Waals surface area contributed by atoms with E-state index in [2.05, 4.69) is 5.32 Å². The van der Waals surface area contributed by atoms with E-state index in [4.69, 9.17) is 5.26 Å². The van der Waals surface area contributed by atoms with Gasteiger partial charge in [0.25, 0.3) is 0 Å². The summed E-state index contributed by atoms with van der Waals surface area (Å²) in [5.41, 5.74) is -1.25. The van der Waals surface area contributed by atoms with Crippen molar-refractivity contribution in [1.82, 2.24) is 0 Å². The molecule has 5 heteroatoms. The standard InChI is InChI=1S/C15H18F2N2O/c16-12-7-11(9-18)8-13(17)14(12)19-10-15(20)5-3-1-2-4-6-15/h7-8,19-20H,1-6,10H2. The first kappa shape index (κ1) is 14.7. The van der Waals surface area contributed by atoms with Crippen molar-refractivity contribution in [3.8, 4) is 6.07 Å². The van der Waals surface area contributed by atoms with Crippen LogP contribution in [0.15, 0.2) is 12.1 Å². The average molecular weight is 280 g/mol. The molecule has 2 rings (SSSR count). The van der Waals surface area contributed by atoms with Gasteiger partial charge >= 0.3 is 0 Å². The number of nitriles is 1. The van der Waals surface area contributed by atoms with Crippen LogP contribution in [0.2, 0.25) is 0 Å². The fourth-order valence-corrected chi connectivity index (χ4v) is 2.62. The van der Waals surface area contributed by atoms with Crippen molar-refractivity contribution in [2.24, 2.45) is 0 Å². The Kier molecular flexibility index (Phi) is 4.56. The smallest absolute Gasteiger partial charge is 0.150 e. The van der Waals surface area contributed by atoms with Crippen LogP contribution in [-0.4, -0.2) is 17.3 Å². The van der Waals surface area contributed by atoms with E-state index in [9.17, 15) is 13.9 Å². The second-order valence-corrected chi connectivity index (χ2v) is 5.42. The molecule has 0 bridgehead atoms. The van der Waals surface area contributed by atoms with Crippen molar-refractivity contribution in [2.75, 3.05) is 11.9 Å². The fourth-order valence-electron chi connectivity index (χ4n) is 2.62. The highest BCUT2D eigenvalue weighted by Crippen LogP contribution is 2.28. The Labute approximate surface area is 117 Å². The van der Waals surface area contributed by atoms with E-state index >= 15 is 0 Å². The average Bonchev–Trinajstić information content (AvgIpc) is 2.63. The lowest BCUT2D eigenvalue weighted by Gasteiger charge is -2.27. The van der Waals surface area contributed by atoms with Gasteiger partial charge < -0.3 is 10.4 Å². The molecular weight excluding hydrogens is 262 g/mol. The van der Waals surface area contributed by atoms with Crippen molar-refractivity contribution < 1.29 is 13.9 Å². The van der Waals surface area contributed by atoms with Crippen LogP contribution in [0.25, 0.3) is 0 Å². The molecule has 1 aromatic carbocycles. The quantitative estimate of drug-likeness (QED) is 0.835. The van der Waals surface area contributed by atoms with Crippen LogP contribution in [0.3, 0.4) is 0 Å². The second kappa shape index (κ2) is 6.19. The monoisotopic (exact) mass is 280 g/mol. The second-order valence-electron chi connectivity index (χ2n) is 5.42. The summed E-state index contributed by atoms with van der Waals surface area (Å²) in [5, 5.41) is 21.7. The maximum absolute atomic E-state index is 13.7. The van der Waals surface area contributed by atoms with E-state index in [1.807, 2.05) is 0 Å². The predicted octanol–water partition coefficient (Wildman–Crippen LogP) is 3.33. The van der Waals surface area contributed by atoms with Crippen molar-refractivity contribution >= 4 is 5.69 Å². The number of hydrogen-bond acceptors (Lipinski definition) is 3. The first-order chi connectivity index (χ1) is 9.54. The van der Waals surface area contributed by atoms with Crippen LogP contribution in [0.1, 0.15) is 44.1 Å². The van der Waals surface area contributed by atoms with Crippen LogP contribution in [0.4, 0.5) is 14.5 Å². The minimum Gasteiger partial charge on any atom is -0.388 e. The summed E-state index contributed by atoms with van der Waals surface area (Å²) in [6.07, 6.45) is 5.30. The van der Waals surface area contributed by atoms with Gasteiger partial charge in [-0.3, -0.25) is 0 Å². The first-order valence-corrected chi connectivity index (χ1v) is 6.89. The van der Waals surface area contributed by atoms with E-state index in [1.165, 1.54) is 0 Å². The summed E-state index contributed by atoms with van der Waals surface area (Å²) in [6.45, 7) is 0.118. The lowest BCUT2D eigenvalue weighted by Crippen LogP contribution is -2.36. The molecule has 0 heterocycles. The third kappa shape index (κ3) is 3.45. The number of nitrogens with zero attached hydrogens (tertiary/aromatic N) is 1.